The van der Waals surface area contributed by atoms with Gasteiger partial charge in [0.2, 0.25) is 0 Å². The molecule has 210 valence electrons. The van der Waals surface area contributed by atoms with Gasteiger partial charge in [-0.15, -0.1) is 9.24 Å². The highest BCUT2D eigenvalue weighted by atomic mass is 31.0. The molecule has 15 heteroatoms. The van der Waals surface area contributed by atoms with Gasteiger partial charge in [-0.05, 0) is 42.6 Å². The van der Waals surface area contributed by atoms with Gasteiger partial charge in [-0.25, -0.2) is 24.4 Å². The largest absolute Gasteiger partial charge is 0.423 e. The van der Waals surface area contributed by atoms with Crippen LogP contribution in [0.4, 0.5) is 23.2 Å². The van der Waals surface area contributed by atoms with Crippen molar-refractivity contribution in [2.45, 2.75) is 50.4 Å². The summed E-state index contributed by atoms with van der Waals surface area (Å²) in [5.74, 6) is -0.893. The molecule has 3 aromatic heterocycles. The number of halogens is 4. The fourth-order valence-electron chi connectivity index (χ4n) is 5.04. The van der Waals surface area contributed by atoms with E-state index < -0.39 is 23.2 Å². The zero-order valence-corrected chi connectivity index (χ0v) is 23.3. The monoisotopic (exact) mass is 593 g/mol. The van der Waals surface area contributed by atoms with Crippen LogP contribution in [0.1, 0.15) is 42.7 Å². The lowest BCUT2D eigenvalue weighted by Gasteiger charge is -2.31. The van der Waals surface area contributed by atoms with Gasteiger partial charge >= 0.3 is 6.18 Å². The number of H-pyrrole nitrogens is 1. The molecule has 1 fully saturated rings. The van der Waals surface area contributed by atoms with Crippen molar-refractivity contribution in [3.05, 3.63) is 68.9 Å². The minimum atomic E-state index is -4.82. The van der Waals surface area contributed by atoms with Crippen LogP contribution in [0.5, 0.6) is 0 Å². The molecule has 5 rings (SSSR count). The van der Waals surface area contributed by atoms with Crippen LogP contribution < -0.4 is 21.7 Å². The Morgan fingerprint density at radius 2 is 1.88 bits per heavy atom. The fourth-order valence-corrected chi connectivity index (χ4v) is 5.59. The van der Waals surface area contributed by atoms with Crippen molar-refractivity contribution in [3.63, 3.8) is 0 Å². The zero-order valence-electron chi connectivity index (χ0n) is 21.0. The number of hydrogen-bond acceptors (Lipinski definition) is 7. The molecule has 0 amide bonds. The SMILES string of the molecule is O=c1[nH]ncc(N[C@H]2CCC[C@@H](Cn3cnc4cc(-c5ncc(C(F)P)cn5)c(P)cc4c3=O)C2)c1C(F)(F)F. The van der Waals surface area contributed by atoms with E-state index in [0.717, 1.165) is 19.0 Å². The Bertz CT molecular complexity index is 1660. The quantitative estimate of drug-likeness (QED) is 0.257. The molecule has 1 aliphatic carbocycles. The first-order valence-corrected chi connectivity index (χ1v) is 13.7. The van der Waals surface area contributed by atoms with Crippen molar-refractivity contribution in [2.24, 2.45) is 5.92 Å². The molecule has 2 N–H and O–H groups in total. The van der Waals surface area contributed by atoms with Gasteiger partial charge in [-0.3, -0.25) is 14.2 Å². The number of anilines is 1. The second-order valence-electron chi connectivity index (χ2n) is 9.76. The average molecular weight is 593 g/mol. The molecule has 0 radical (unpaired) electrons. The minimum absolute atomic E-state index is 0.00483. The van der Waals surface area contributed by atoms with Crippen LogP contribution in [-0.4, -0.2) is 35.8 Å². The maximum atomic E-state index is 13.5. The number of nitrogens with one attached hydrogen (secondary N) is 2. The lowest BCUT2D eigenvalue weighted by Crippen LogP contribution is -2.34. The minimum Gasteiger partial charge on any atom is -0.380 e. The van der Waals surface area contributed by atoms with Crippen LogP contribution in [0, 0.1) is 5.92 Å². The molecular formula is C25H25F4N7O2P2. The van der Waals surface area contributed by atoms with Crippen molar-refractivity contribution >= 4 is 40.4 Å². The lowest BCUT2D eigenvalue weighted by atomic mass is 9.85. The second-order valence-corrected chi connectivity index (χ2v) is 11.0. The predicted octanol–water partition coefficient (Wildman–Crippen LogP) is 3.97. The third-order valence-electron chi connectivity index (χ3n) is 6.96. The van der Waals surface area contributed by atoms with E-state index in [9.17, 15) is 27.2 Å². The number of alkyl halides is 4. The summed E-state index contributed by atoms with van der Waals surface area (Å²) in [4.78, 5) is 38.1. The number of aromatic amines is 1. The van der Waals surface area contributed by atoms with Gasteiger partial charge in [0.05, 0.1) is 29.1 Å². The van der Waals surface area contributed by atoms with Gasteiger partial charge < -0.3 is 5.32 Å². The molecule has 1 aromatic carbocycles. The number of benzene rings is 1. The maximum absolute atomic E-state index is 13.5. The van der Waals surface area contributed by atoms with Crippen LogP contribution in [0.3, 0.4) is 0 Å². The van der Waals surface area contributed by atoms with Crippen LogP contribution in [0.2, 0.25) is 0 Å². The first-order chi connectivity index (χ1) is 19.0. The van der Waals surface area contributed by atoms with Crippen LogP contribution in [0.15, 0.2) is 46.6 Å². The maximum Gasteiger partial charge on any atom is 0.423 e. The standard InChI is InChI=1S/C25H25F4N7O2P2/c26-21(40)13-7-30-22(31-8-13)16-5-17-15(6-19(16)39)24(38)36(11-32-17)10-12-2-1-3-14(4-12)34-18-9-33-35-23(37)20(18)25(27,28)29/h5-9,11-12,14,21H,1-4,10,39-40H2,(H2,34,35,37)/t12-,14+,21?/m1/s1. The Morgan fingerprint density at radius 3 is 2.58 bits per heavy atom. The number of aromatic nitrogens is 6. The van der Waals surface area contributed by atoms with Crippen molar-refractivity contribution < 1.29 is 17.6 Å². The van der Waals surface area contributed by atoms with E-state index >= 15 is 0 Å². The first-order valence-electron chi connectivity index (χ1n) is 12.4. The highest BCUT2D eigenvalue weighted by molar-refractivity contribution is 7.28. The van der Waals surface area contributed by atoms with Gasteiger partial charge in [-0.1, -0.05) is 15.7 Å². The highest BCUT2D eigenvalue weighted by Crippen LogP contribution is 2.34. The van der Waals surface area contributed by atoms with Crippen molar-refractivity contribution in [2.75, 3.05) is 5.32 Å². The number of fused-ring (bicyclic) bond motifs is 1. The van der Waals surface area contributed by atoms with Crippen LogP contribution in [-0.2, 0) is 12.7 Å². The summed E-state index contributed by atoms with van der Waals surface area (Å²) in [7, 11) is 4.60. The van der Waals surface area contributed by atoms with Gasteiger partial charge in [0.1, 0.15) is 11.5 Å². The van der Waals surface area contributed by atoms with E-state index in [2.05, 4.69) is 34.6 Å². The Labute approximate surface area is 229 Å². The summed E-state index contributed by atoms with van der Waals surface area (Å²) in [6.07, 6.45) is 3.08. The Kier molecular flexibility index (Phi) is 7.97. The third kappa shape index (κ3) is 5.90. The van der Waals surface area contributed by atoms with Crippen molar-refractivity contribution in [1.82, 2.24) is 29.7 Å². The van der Waals surface area contributed by atoms with E-state index in [-0.39, 0.29) is 23.2 Å². The third-order valence-corrected chi connectivity index (χ3v) is 7.83. The topological polar surface area (TPSA) is 118 Å². The van der Waals surface area contributed by atoms with E-state index in [1.807, 2.05) is 14.3 Å². The Balaban J connectivity index is 1.35. The molecular weight excluding hydrogens is 568 g/mol. The van der Waals surface area contributed by atoms with E-state index in [1.165, 1.54) is 23.3 Å². The number of nitrogens with zero attached hydrogens (tertiary/aromatic N) is 5. The Morgan fingerprint density at radius 1 is 1.12 bits per heavy atom. The van der Waals surface area contributed by atoms with Gasteiger partial charge in [0.15, 0.2) is 5.82 Å². The summed E-state index contributed by atoms with van der Waals surface area (Å²) in [5, 5.41) is 9.28. The summed E-state index contributed by atoms with van der Waals surface area (Å²) < 4.78 is 55.3. The summed E-state index contributed by atoms with van der Waals surface area (Å²) in [6.45, 7) is 0.345. The Hall–Kier alpha value is -3.30. The molecule has 0 spiro atoms. The highest BCUT2D eigenvalue weighted by Gasteiger charge is 2.38. The molecule has 9 nitrogen and oxygen atoms in total. The summed E-state index contributed by atoms with van der Waals surface area (Å²) >= 11 is 0. The van der Waals surface area contributed by atoms with Crippen LogP contribution >= 0.6 is 18.5 Å². The smallest absolute Gasteiger partial charge is 0.380 e. The molecule has 3 heterocycles. The molecule has 5 atom stereocenters. The zero-order chi connectivity index (χ0) is 28.6. The summed E-state index contributed by atoms with van der Waals surface area (Å²) in [5.41, 5.74) is -1.77. The number of hydrogen-bond donors (Lipinski definition) is 2. The second kappa shape index (κ2) is 11.3. The van der Waals surface area contributed by atoms with Gasteiger partial charge in [0, 0.05) is 36.1 Å². The van der Waals surface area contributed by atoms with Gasteiger partial charge in [-0.2, -0.15) is 18.3 Å². The molecule has 3 unspecified atom stereocenters. The van der Waals surface area contributed by atoms with Crippen molar-refractivity contribution in [3.8, 4) is 11.4 Å². The van der Waals surface area contributed by atoms with Gasteiger partial charge in [0.25, 0.3) is 11.1 Å². The molecule has 0 bridgehead atoms. The first kappa shape index (κ1) is 28.2. The molecule has 0 saturated heterocycles. The number of rotatable bonds is 6. The fraction of sp³-hybridized carbons (Fsp3) is 0.360. The normalized spacial score (nSPS) is 18.6. The predicted molar refractivity (Wildman–Crippen MR) is 149 cm³/mol. The van der Waals surface area contributed by atoms with Crippen LogP contribution in [0.25, 0.3) is 22.3 Å². The lowest BCUT2D eigenvalue weighted by molar-refractivity contribution is -0.138. The molecule has 1 saturated carbocycles. The van der Waals surface area contributed by atoms with E-state index in [1.54, 1.807) is 12.1 Å². The van der Waals surface area contributed by atoms with E-state index in [0.29, 0.717) is 52.5 Å². The molecule has 1 aliphatic rings. The summed E-state index contributed by atoms with van der Waals surface area (Å²) in [6, 6.07) is 3.08. The average Bonchev–Trinajstić information content (AvgIpc) is 2.90. The molecule has 0 aliphatic heterocycles. The van der Waals surface area contributed by atoms with E-state index in [4.69, 9.17) is 0 Å². The van der Waals surface area contributed by atoms with Crippen molar-refractivity contribution in [1.29, 1.82) is 0 Å². The molecule has 40 heavy (non-hydrogen) atoms. The molecule has 4 aromatic rings.